The predicted molar refractivity (Wildman–Crippen MR) is 67.1 cm³/mol. The minimum absolute atomic E-state index is 0.867. The summed E-state index contributed by atoms with van der Waals surface area (Å²) in [5, 5.41) is 2.19. The Labute approximate surface area is 96.7 Å². The summed E-state index contributed by atoms with van der Waals surface area (Å²) in [5.41, 5.74) is 5.70. The SMILES string of the molecule is NCCC1CCCCC1Cc1cccs1. The van der Waals surface area contributed by atoms with Crippen molar-refractivity contribution in [3.05, 3.63) is 22.4 Å². The number of rotatable bonds is 4. The van der Waals surface area contributed by atoms with Gasteiger partial charge in [0.25, 0.3) is 0 Å². The lowest BCUT2D eigenvalue weighted by Gasteiger charge is -2.31. The highest BCUT2D eigenvalue weighted by molar-refractivity contribution is 7.09. The molecule has 0 bridgehead atoms. The molecule has 1 fully saturated rings. The lowest BCUT2D eigenvalue weighted by Crippen LogP contribution is -2.23. The largest absolute Gasteiger partial charge is 0.330 e. The van der Waals surface area contributed by atoms with Gasteiger partial charge >= 0.3 is 0 Å². The first-order chi connectivity index (χ1) is 7.40. The van der Waals surface area contributed by atoms with Crippen LogP contribution < -0.4 is 5.73 Å². The highest BCUT2D eigenvalue weighted by atomic mass is 32.1. The van der Waals surface area contributed by atoms with E-state index in [1.807, 2.05) is 11.3 Å². The maximum Gasteiger partial charge on any atom is 0.00480 e. The van der Waals surface area contributed by atoms with E-state index in [0.29, 0.717) is 0 Å². The van der Waals surface area contributed by atoms with Crippen LogP contribution in [0.1, 0.15) is 37.0 Å². The van der Waals surface area contributed by atoms with E-state index in [-0.39, 0.29) is 0 Å². The summed E-state index contributed by atoms with van der Waals surface area (Å²) in [4.78, 5) is 1.56. The molecule has 1 saturated carbocycles. The van der Waals surface area contributed by atoms with Crippen LogP contribution in [0.2, 0.25) is 0 Å². The van der Waals surface area contributed by atoms with Crippen LogP contribution in [0.15, 0.2) is 17.5 Å². The third-order valence-electron chi connectivity index (χ3n) is 3.65. The standard InChI is InChI=1S/C13H21NS/c14-8-7-11-4-1-2-5-12(11)10-13-6-3-9-15-13/h3,6,9,11-12H,1-2,4-5,7-8,10,14H2. The van der Waals surface area contributed by atoms with Crippen molar-refractivity contribution in [3.63, 3.8) is 0 Å². The first-order valence-corrected chi connectivity index (χ1v) is 7.00. The quantitative estimate of drug-likeness (QED) is 0.831. The third-order valence-corrected chi connectivity index (χ3v) is 4.55. The molecule has 0 amide bonds. The average Bonchev–Trinajstić information content (AvgIpc) is 2.74. The van der Waals surface area contributed by atoms with Gasteiger partial charge in [-0.05, 0) is 49.1 Å². The Morgan fingerprint density at radius 1 is 1.27 bits per heavy atom. The molecule has 0 aromatic carbocycles. The van der Waals surface area contributed by atoms with Crippen molar-refractivity contribution < 1.29 is 0 Å². The second-order valence-corrected chi connectivity index (χ2v) is 5.70. The van der Waals surface area contributed by atoms with Crippen molar-refractivity contribution in [2.75, 3.05) is 6.54 Å². The predicted octanol–water partition coefficient (Wildman–Crippen LogP) is 3.45. The summed E-state index contributed by atoms with van der Waals surface area (Å²) in [5.74, 6) is 1.80. The molecule has 1 aliphatic rings. The van der Waals surface area contributed by atoms with Crippen LogP contribution in [-0.2, 0) is 6.42 Å². The van der Waals surface area contributed by atoms with Crippen molar-refractivity contribution in [1.29, 1.82) is 0 Å². The molecule has 2 heteroatoms. The Morgan fingerprint density at radius 3 is 2.73 bits per heavy atom. The minimum atomic E-state index is 0.867. The lowest BCUT2D eigenvalue weighted by molar-refractivity contribution is 0.226. The van der Waals surface area contributed by atoms with Crippen LogP contribution in [0, 0.1) is 11.8 Å². The zero-order valence-corrected chi connectivity index (χ0v) is 10.1. The van der Waals surface area contributed by atoms with Gasteiger partial charge in [0, 0.05) is 4.88 Å². The van der Waals surface area contributed by atoms with Crippen LogP contribution in [0.4, 0.5) is 0 Å². The number of hydrogen-bond donors (Lipinski definition) is 1. The van der Waals surface area contributed by atoms with E-state index in [9.17, 15) is 0 Å². The van der Waals surface area contributed by atoms with Crippen molar-refractivity contribution in [3.8, 4) is 0 Å². The van der Waals surface area contributed by atoms with Gasteiger partial charge in [-0.3, -0.25) is 0 Å². The van der Waals surface area contributed by atoms with Gasteiger partial charge in [-0.25, -0.2) is 0 Å². The molecule has 0 aliphatic heterocycles. The maximum absolute atomic E-state index is 5.70. The lowest BCUT2D eigenvalue weighted by atomic mass is 9.75. The van der Waals surface area contributed by atoms with Crippen LogP contribution >= 0.6 is 11.3 Å². The van der Waals surface area contributed by atoms with Gasteiger partial charge in [0.15, 0.2) is 0 Å². The van der Waals surface area contributed by atoms with Gasteiger partial charge in [-0.2, -0.15) is 0 Å². The van der Waals surface area contributed by atoms with E-state index >= 15 is 0 Å². The zero-order valence-electron chi connectivity index (χ0n) is 9.32. The number of hydrogen-bond acceptors (Lipinski definition) is 2. The molecule has 2 unspecified atom stereocenters. The van der Waals surface area contributed by atoms with Crippen molar-refractivity contribution >= 4 is 11.3 Å². The fourth-order valence-electron chi connectivity index (χ4n) is 2.83. The van der Waals surface area contributed by atoms with Gasteiger partial charge in [-0.1, -0.05) is 25.3 Å². The van der Waals surface area contributed by atoms with Crippen molar-refractivity contribution in [1.82, 2.24) is 0 Å². The molecule has 1 aromatic rings. The molecule has 84 valence electrons. The monoisotopic (exact) mass is 223 g/mol. The van der Waals surface area contributed by atoms with E-state index in [1.165, 1.54) is 38.5 Å². The Morgan fingerprint density at radius 2 is 2.07 bits per heavy atom. The molecule has 2 N–H and O–H groups in total. The first kappa shape index (κ1) is 11.2. The molecular formula is C13H21NS. The minimum Gasteiger partial charge on any atom is -0.330 e. The Hall–Kier alpha value is -0.340. The summed E-state index contributed by atoms with van der Waals surface area (Å²) in [7, 11) is 0. The van der Waals surface area contributed by atoms with Crippen LogP contribution in [0.3, 0.4) is 0 Å². The van der Waals surface area contributed by atoms with Gasteiger partial charge in [0.2, 0.25) is 0 Å². The maximum atomic E-state index is 5.70. The van der Waals surface area contributed by atoms with Crippen molar-refractivity contribution in [2.45, 2.75) is 38.5 Å². The fraction of sp³-hybridized carbons (Fsp3) is 0.692. The molecule has 1 aromatic heterocycles. The van der Waals surface area contributed by atoms with E-state index < -0.39 is 0 Å². The molecule has 2 atom stereocenters. The molecule has 1 heterocycles. The molecule has 0 spiro atoms. The summed E-state index contributed by atoms with van der Waals surface area (Å²) < 4.78 is 0. The molecular weight excluding hydrogens is 202 g/mol. The second kappa shape index (κ2) is 5.66. The summed E-state index contributed by atoms with van der Waals surface area (Å²) in [6, 6.07) is 4.44. The molecule has 15 heavy (non-hydrogen) atoms. The molecule has 0 saturated heterocycles. The normalized spacial score (nSPS) is 26.7. The van der Waals surface area contributed by atoms with E-state index in [0.717, 1.165) is 18.4 Å². The summed E-state index contributed by atoms with van der Waals surface area (Å²) >= 11 is 1.91. The topological polar surface area (TPSA) is 26.0 Å². The van der Waals surface area contributed by atoms with Gasteiger partial charge < -0.3 is 5.73 Å². The molecule has 1 aliphatic carbocycles. The Balaban J connectivity index is 1.92. The zero-order chi connectivity index (χ0) is 10.5. The van der Waals surface area contributed by atoms with Gasteiger partial charge in [0.05, 0.1) is 0 Å². The first-order valence-electron chi connectivity index (χ1n) is 6.12. The van der Waals surface area contributed by atoms with Crippen LogP contribution in [-0.4, -0.2) is 6.54 Å². The Kier molecular flexibility index (Phi) is 4.21. The number of nitrogens with two attached hydrogens (primary N) is 1. The van der Waals surface area contributed by atoms with E-state index in [1.54, 1.807) is 4.88 Å². The highest BCUT2D eigenvalue weighted by Crippen LogP contribution is 2.35. The van der Waals surface area contributed by atoms with Crippen LogP contribution in [0.25, 0.3) is 0 Å². The number of thiophene rings is 1. The van der Waals surface area contributed by atoms with Gasteiger partial charge in [0.1, 0.15) is 0 Å². The molecule has 0 radical (unpaired) electrons. The van der Waals surface area contributed by atoms with Crippen LogP contribution in [0.5, 0.6) is 0 Å². The van der Waals surface area contributed by atoms with Crippen molar-refractivity contribution in [2.24, 2.45) is 17.6 Å². The smallest absolute Gasteiger partial charge is 0.00480 e. The Bertz CT molecular complexity index is 266. The van der Waals surface area contributed by atoms with E-state index in [4.69, 9.17) is 5.73 Å². The summed E-state index contributed by atoms with van der Waals surface area (Å²) in [6.45, 7) is 0.867. The van der Waals surface area contributed by atoms with Gasteiger partial charge in [-0.15, -0.1) is 11.3 Å². The molecule has 1 nitrogen and oxygen atoms in total. The summed E-state index contributed by atoms with van der Waals surface area (Å²) in [6.07, 6.45) is 8.21. The van der Waals surface area contributed by atoms with E-state index in [2.05, 4.69) is 17.5 Å². The third kappa shape index (κ3) is 3.05. The fourth-order valence-corrected chi connectivity index (χ4v) is 3.63. The second-order valence-electron chi connectivity index (χ2n) is 4.67. The average molecular weight is 223 g/mol. The molecule has 2 rings (SSSR count). The highest BCUT2D eigenvalue weighted by Gasteiger charge is 2.24.